The Morgan fingerprint density at radius 3 is 1.42 bits per heavy atom. The highest BCUT2D eigenvalue weighted by molar-refractivity contribution is 5.91. The van der Waals surface area contributed by atoms with E-state index in [-0.39, 0.29) is 25.3 Å². The minimum absolute atomic E-state index is 0.0429. The Hall–Kier alpha value is -2.78. The molecule has 0 radical (unpaired) electrons. The van der Waals surface area contributed by atoms with Crippen molar-refractivity contribution in [1.29, 1.82) is 0 Å². The van der Waals surface area contributed by atoms with Crippen molar-refractivity contribution in [2.75, 3.05) is 27.3 Å². The highest BCUT2D eigenvalue weighted by Crippen LogP contribution is 1.91. The third-order valence-electron chi connectivity index (χ3n) is 2.52. The van der Waals surface area contributed by atoms with Gasteiger partial charge in [0.05, 0.1) is 12.1 Å². The Morgan fingerprint density at radius 1 is 0.792 bits per heavy atom. The molecule has 0 aliphatic heterocycles. The van der Waals surface area contributed by atoms with Crippen LogP contribution in [0.4, 0.5) is 9.59 Å². The van der Waals surface area contributed by atoms with Crippen molar-refractivity contribution < 1.29 is 28.7 Å². The summed E-state index contributed by atoms with van der Waals surface area (Å²) in [5.74, 6) is -1.48. The molecule has 0 saturated carbocycles. The molecule has 0 aromatic rings. The molecule has 4 amide bonds. The number of nitrogens with one attached hydrogen (secondary N) is 4. The molecule has 0 aliphatic rings. The number of carbonyl (C=O) groups excluding carboxylic acids is 4. The van der Waals surface area contributed by atoms with Crippen molar-refractivity contribution in [2.45, 2.75) is 25.9 Å². The van der Waals surface area contributed by atoms with Crippen molar-refractivity contribution >= 4 is 24.0 Å². The fraction of sp³-hybridized carbons (Fsp3) is 0.571. The molecule has 0 aliphatic carbocycles. The van der Waals surface area contributed by atoms with Gasteiger partial charge in [-0.2, -0.15) is 0 Å². The van der Waals surface area contributed by atoms with Gasteiger partial charge in [0.1, 0.15) is 13.2 Å². The molecule has 0 rings (SSSR count). The summed E-state index contributed by atoms with van der Waals surface area (Å²) in [6.45, 7) is 3.22. The Bertz CT molecular complexity index is 438. The van der Waals surface area contributed by atoms with Crippen molar-refractivity contribution in [3.8, 4) is 0 Å². The van der Waals surface area contributed by atoms with Gasteiger partial charge in [0.2, 0.25) is 0 Å². The van der Waals surface area contributed by atoms with E-state index in [1.807, 2.05) is 0 Å². The minimum Gasteiger partial charge on any atom is -0.460 e. The Morgan fingerprint density at radius 2 is 1.12 bits per heavy atom. The van der Waals surface area contributed by atoms with Crippen LogP contribution in [0.1, 0.15) is 13.8 Å². The second kappa shape index (κ2) is 11.7. The first-order chi connectivity index (χ1) is 11.3. The highest BCUT2D eigenvalue weighted by Gasteiger charge is 2.09. The lowest BCUT2D eigenvalue weighted by Gasteiger charge is -2.13. The van der Waals surface area contributed by atoms with Crippen molar-refractivity contribution in [2.24, 2.45) is 0 Å². The molecule has 0 saturated heterocycles. The van der Waals surface area contributed by atoms with Gasteiger partial charge in [-0.3, -0.25) is 0 Å². The number of amides is 4. The number of hydrogen-bond donors (Lipinski definition) is 4. The SMILES string of the molecule is CNC(=O)N[C@H](C)COC(=O)/C=C/C(=O)OC[C@@H](C)NC(=O)NC. The van der Waals surface area contributed by atoms with Crippen molar-refractivity contribution in [3.63, 3.8) is 0 Å². The zero-order chi connectivity index (χ0) is 18.5. The standard InChI is InChI=1S/C14H24N4O6/c1-9(17-13(21)15-3)7-23-11(19)5-6-12(20)24-8-10(2)18-14(22)16-4/h5-6,9-10H,7-8H2,1-4H3,(H2,15,17,21)(H2,16,18,22)/b6-5+/t9-,10-/m1/s1. The predicted molar refractivity (Wildman–Crippen MR) is 85.2 cm³/mol. The van der Waals surface area contributed by atoms with E-state index < -0.39 is 24.0 Å². The molecule has 0 bridgehead atoms. The fourth-order valence-corrected chi connectivity index (χ4v) is 1.32. The first-order valence-corrected chi connectivity index (χ1v) is 7.26. The second-order valence-corrected chi connectivity index (χ2v) is 4.84. The summed E-state index contributed by atoms with van der Waals surface area (Å²) >= 11 is 0. The summed E-state index contributed by atoms with van der Waals surface area (Å²) in [7, 11) is 2.93. The molecule has 24 heavy (non-hydrogen) atoms. The molecule has 0 aromatic carbocycles. The zero-order valence-electron chi connectivity index (χ0n) is 14.2. The summed E-state index contributed by atoms with van der Waals surface area (Å²) in [5, 5.41) is 9.77. The van der Waals surface area contributed by atoms with Crippen LogP contribution in [0.15, 0.2) is 12.2 Å². The fourth-order valence-electron chi connectivity index (χ4n) is 1.32. The average Bonchev–Trinajstić information content (AvgIpc) is 2.55. The quantitative estimate of drug-likeness (QED) is 0.338. The predicted octanol–water partition coefficient (Wildman–Crippen LogP) is -0.736. The molecule has 0 aromatic heterocycles. The summed E-state index contributed by atoms with van der Waals surface area (Å²) in [6.07, 6.45) is 1.84. The molecular weight excluding hydrogens is 320 g/mol. The summed E-state index contributed by atoms with van der Waals surface area (Å²) in [5.41, 5.74) is 0. The van der Waals surface area contributed by atoms with Gasteiger partial charge in [-0.05, 0) is 13.8 Å². The van der Waals surface area contributed by atoms with Crippen LogP contribution in [0.25, 0.3) is 0 Å². The minimum atomic E-state index is -0.742. The molecule has 0 heterocycles. The maximum Gasteiger partial charge on any atom is 0.331 e. The number of hydrogen-bond acceptors (Lipinski definition) is 6. The van der Waals surface area contributed by atoms with Gasteiger partial charge < -0.3 is 30.7 Å². The zero-order valence-corrected chi connectivity index (χ0v) is 14.2. The Balaban J connectivity index is 4.02. The molecule has 0 spiro atoms. The van der Waals surface area contributed by atoms with Gasteiger partial charge in [0.15, 0.2) is 0 Å². The van der Waals surface area contributed by atoms with Gasteiger partial charge >= 0.3 is 24.0 Å². The normalized spacial score (nSPS) is 12.7. The van der Waals surface area contributed by atoms with Crippen molar-refractivity contribution in [1.82, 2.24) is 21.3 Å². The lowest BCUT2D eigenvalue weighted by molar-refractivity contribution is -0.141. The van der Waals surface area contributed by atoms with Crippen LogP contribution < -0.4 is 21.3 Å². The van der Waals surface area contributed by atoms with Gasteiger partial charge in [-0.25, -0.2) is 19.2 Å². The van der Waals surface area contributed by atoms with E-state index in [9.17, 15) is 19.2 Å². The highest BCUT2D eigenvalue weighted by atomic mass is 16.5. The van der Waals surface area contributed by atoms with Crippen LogP contribution in [0, 0.1) is 0 Å². The van der Waals surface area contributed by atoms with E-state index in [2.05, 4.69) is 21.3 Å². The lowest BCUT2D eigenvalue weighted by Crippen LogP contribution is -2.41. The summed E-state index contributed by atoms with van der Waals surface area (Å²) in [6, 6.07) is -1.55. The van der Waals surface area contributed by atoms with Gasteiger partial charge in [-0.15, -0.1) is 0 Å². The van der Waals surface area contributed by atoms with E-state index in [1.54, 1.807) is 13.8 Å². The van der Waals surface area contributed by atoms with Crippen LogP contribution in [0.5, 0.6) is 0 Å². The average molecular weight is 344 g/mol. The molecular formula is C14H24N4O6. The summed E-state index contributed by atoms with van der Waals surface area (Å²) in [4.78, 5) is 44.9. The first-order valence-electron chi connectivity index (χ1n) is 7.26. The van der Waals surface area contributed by atoms with Gasteiger partial charge in [-0.1, -0.05) is 0 Å². The lowest BCUT2D eigenvalue weighted by atomic mass is 10.3. The number of ether oxygens (including phenoxy) is 2. The van der Waals surface area contributed by atoms with E-state index in [0.29, 0.717) is 0 Å². The smallest absolute Gasteiger partial charge is 0.331 e. The Kier molecular flexibility index (Phi) is 10.4. The first kappa shape index (κ1) is 21.2. The van der Waals surface area contributed by atoms with Crippen LogP contribution >= 0.6 is 0 Å². The molecule has 0 unspecified atom stereocenters. The summed E-state index contributed by atoms with van der Waals surface area (Å²) < 4.78 is 9.70. The number of esters is 2. The number of urea groups is 2. The van der Waals surface area contributed by atoms with Gasteiger partial charge in [0.25, 0.3) is 0 Å². The topological polar surface area (TPSA) is 135 Å². The molecule has 10 nitrogen and oxygen atoms in total. The largest absolute Gasteiger partial charge is 0.460 e. The second-order valence-electron chi connectivity index (χ2n) is 4.84. The van der Waals surface area contributed by atoms with Crippen molar-refractivity contribution in [3.05, 3.63) is 12.2 Å². The molecule has 2 atom stereocenters. The van der Waals surface area contributed by atoms with Crippen LogP contribution in [0.2, 0.25) is 0 Å². The van der Waals surface area contributed by atoms with E-state index in [1.165, 1.54) is 14.1 Å². The number of carbonyl (C=O) groups is 4. The number of rotatable bonds is 8. The maximum atomic E-state index is 11.4. The van der Waals surface area contributed by atoms with Crippen LogP contribution in [-0.2, 0) is 19.1 Å². The third kappa shape index (κ3) is 10.9. The van der Waals surface area contributed by atoms with E-state index in [4.69, 9.17) is 9.47 Å². The third-order valence-corrected chi connectivity index (χ3v) is 2.52. The molecule has 10 heteroatoms. The molecule has 0 fully saturated rings. The molecule has 4 N–H and O–H groups in total. The van der Waals surface area contributed by atoms with Gasteiger partial charge in [0, 0.05) is 26.2 Å². The van der Waals surface area contributed by atoms with Crippen LogP contribution in [0.3, 0.4) is 0 Å². The van der Waals surface area contributed by atoms with Crippen LogP contribution in [-0.4, -0.2) is 63.4 Å². The Labute approximate surface area is 140 Å². The van der Waals surface area contributed by atoms with E-state index >= 15 is 0 Å². The molecule has 136 valence electrons. The monoisotopic (exact) mass is 344 g/mol. The maximum absolute atomic E-state index is 11.4. The van der Waals surface area contributed by atoms with E-state index in [0.717, 1.165) is 12.2 Å².